The lowest BCUT2D eigenvalue weighted by Crippen LogP contribution is -2.17. The number of alkyl halides is 3. The molecule has 4 nitrogen and oxygen atoms in total. The van der Waals surface area contributed by atoms with Crippen LogP contribution in [-0.2, 0) is 11.2 Å². The normalized spacial score (nSPS) is 11.1. The average Bonchev–Trinajstić information content (AvgIpc) is 2.24. The van der Waals surface area contributed by atoms with Crippen LogP contribution in [0.15, 0.2) is 18.2 Å². The first-order valence-corrected chi connectivity index (χ1v) is 4.96. The molecule has 0 heterocycles. The number of rotatable bonds is 5. The van der Waals surface area contributed by atoms with Crippen LogP contribution >= 0.6 is 0 Å². The zero-order valence-corrected chi connectivity index (χ0v) is 9.45. The summed E-state index contributed by atoms with van der Waals surface area (Å²) in [5, 5.41) is 8.53. The van der Waals surface area contributed by atoms with Crippen molar-refractivity contribution < 1.29 is 32.5 Å². The molecule has 0 aliphatic rings. The number of carboxylic acid groups (broad SMARTS) is 1. The maximum absolute atomic E-state index is 12.0. The Kier molecular flexibility index (Phi) is 4.41. The first-order valence-electron chi connectivity index (χ1n) is 4.96. The first kappa shape index (κ1) is 14.1. The summed E-state index contributed by atoms with van der Waals surface area (Å²) >= 11 is 0. The van der Waals surface area contributed by atoms with Crippen molar-refractivity contribution in [3.8, 4) is 11.5 Å². The highest BCUT2D eigenvalue weighted by atomic mass is 19.4. The number of benzene rings is 1. The predicted molar refractivity (Wildman–Crippen MR) is 55.6 cm³/mol. The number of hydrogen-bond acceptors (Lipinski definition) is 3. The predicted octanol–water partition coefficient (Wildman–Crippen LogP) is 2.61. The Hall–Kier alpha value is -1.92. The van der Waals surface area contributed by atoms with Gasteiger partial charge in [0.1, 0.15) is 11.5 Å². The Morgan fingerprint density at radius 1 is 1.39 bits per heavy atom. The number of aryl methyl sites for hydroxylation is 1. The number of aliphatic carboxylic acids is 1. The molecule has 0 aliphatic heterocycles. The Bertz CT molecular complexity index is 429. The van der Waals surface area contributed by atoms with E-state index >= 15 is 0 Å². The summed E-state index contributed by atoms with van der Waals surface area (Å²) in [6.07, 6.45) is -4.73. The molecule has 0 aliphatic carbocycles. The molecule has 0 fully saturated rings. The van der Waals surface area contributed by atoms with Crippen LogP contribution in [0.3, 0.4) is 0 Å². The average molecular weight is 264 g/mol. The van der Waals surface area contributed by atoms with Crippen molar-refractivity contribution in [2.24, 2.45) is 0 Å². The molecule has 7 heteroatoms. The van der Waals surface area contributed by atoms with Gasteiger partial charge in [-0.1, -0.05) is 6.07 Å². The van der Waals surface area contributed by atoms with Crippen molar-refractivity contribution in [3.63, 3.8) is 0 Å². The van der Waals surface area contributed by atoms with Crippen LogP contribution in [0, 0.1) is 0 Å². The van der Waals surface area contributed by atoms with Gasteiger partial charge in [0, 0.05) is 12.5 Å². The fourth-order valence-electron chi connectivity index (χ4n) is 1.37. The Labute approximate surface area is 101 Å². The van der Waals surface area contributed by atoms with Gasteiger partial charge in [-0.2, -0.15) is 0 Å². The molecule has 100 valence electrons. The number of halogens is 3. The summed E-state index contributed by atoms with van der Waals surface area (Å²) in [5.41, 5.74) is 0.509. The van der Waals surface area contributed by atoms with Gasteiger partial charge in [0.25, 0.3) is 0 Å². The SMILES string of the molecule is COc1cc(OC(F)(F)F)ccc1CCC(=O)O. The van der Waals surface area contributed by atoms with Crippen LogP contribution in [-0.4, -0.2) is 24.5 Å². The van der Waals surface area contributed by atoms with Crippen molar-refractivity contribution in [3.05, 3.63) is 23.8 Å². The number of carbonyl (C=O) groups is 1. The topological polar surface area (TPSA) is 55.8 Å². The van der Waals surface area contributed by atoms with E-state index in [-0.39, 0.29) is 18.6 Å². The molecule has 0 saturated heterocycles. The third-order valence-electron chi connectivity index (χ3n) is 2.10. The highest BCUT2D eigenvalue weighted by molar-refractivity contribution is 5.67. The molecule has 0 unspecified atom stereocenters. The fourth-order valence-corrected chi connectivity index (χ4v) is 1.37. The molecule has 0 spiro atoms. The van der Waals surface area contributed by atoms with Crippen LogP contribution in [0.2, 0.25) is 0 Å². The molecular weight excluding hydrogens is 253 g/mol. The largest absolute Gasteiger partial charge is 0.573 e. The highest BCUT2D eigenvalue weighted by Crippen LogP contribution is 2.29. The summed E-state index contributed by atoms with van der Waals surface area (Å²) in [4.78, 5) is 10.4. The minimum atomic E-state index is -4.77. The van der Waals surface area contributed by atoms with Gasteiger partial charge in [-0.15, -0.1) is 13.2 Å². The standard InChI is InChI=1S/C11H11F3O4/c1-17-9-6-8(18-11(12,13)14)4-2-7(9)3-5-10(15)16/h2,4,6H,3,5H2,1H3,(H,15,16). The minimum Gasteiger partial charge on any atom is -0.496 e. The second kappa shape index (κ2) is 5.61. The molecule has 0 atom stereocenters. The first-order chi connectivity index (χ1) is 8.31. The zero-order valence-electron chi connectivity index (χ0n) is 9.45. The number of ether oxygens (including phenoxy) is 2. The van der Waals surface area contributed by atoms with Gasteiger partial charge in [-0.25, -0.2) is 0 Å². The molecule has 0 aromatic heterocycles. The summed E-state index contributed by atoms with van der Waals surface area (Å²) < 4.78 is 44.6. The molecule has 18 heavy (non-hydrogen) atoms. The van der Waals surface area contributed by atoms with Crippen molar-refractivity contribution in [2.75, 3.05) is 7.11 Å². The number of methoxy groups -OCH3 is 1. The van der Waals surface area contributed by atoms with E-state index in [2.05, 4.69) is 4.74 Å². The fraction of sp³-hybridized carbons (Fsp3) is 0.364. The van der Waals surface area contributed by atoms with E-state index in [4.69, 9.17) is 9.84 Å². The lowest BCUT2D eigenvalue weighted by Gasteiger charge is -2.12. The second-order valence-electron chi connectivity index (χ2n) is 3.42. The van der Waals surface area contributed by atoms with E-state index in [1.54, 1.807) is 0 Å². The van der Waals surface area contributed by atoms with Gasteiger partial charge in [0.15, 0.2) is 0 Å². The van der Waals surface area contributed by atoms with Gasteiger partial charge < -0.3 is 14.6 Å². The third-order valence-corrected chi connectivity index (χ3v) is 2.10. The molecule has 1 rings (SSSR count). The summed E-state index contributed by atoms with van der Waals surface area (Å²) in [6, 6.07) is 3.54. The van der Waals surface area contributed by atoms with E-state index in [0.717, 1.165) is 12.1 Å². The number of hydrogen-bond donors (Lipinski definition) is 1. The molecular formula is C11H11F3O4. The maximum atomic E-state index is 12.0. The lowest BCUT2D eigenvalue weighted by atomic mass is 10.1. The summed E-state index contributed by atoms with van der Waals surface area (Å²) in [5.74, 6) is -1.23. The molecule has 1 aromatic carbocycles. The van der Waals surface area contributed by atoms with Crippen LogP contribution in [0.25, 0.3) is 0 Å². The van der Waals surface area contributed by atoms with Crippen LogP contribution in [0.4, 0.5) is 13.2 Å². The van der Waals surface area contributed by atoms with Crippen molar-refractivity contribution in [1.82, 2.24) is 0 Å². The Morgan fingerprint density at radius 2 is 2.06 bits per heavy atom. The quantitative estimate of drug-likeness (QED) is 0.888. The van der Waals surface area contributed by atoms with Gasteiger partial charge in [0.05, 0.1) is 7.11 Å². The smallest absolute Gasteiger partial charge is 0.496 e. The van der Waals surface area contributed by atoms with Crippen LogP contribution in [0.1, 0.15) is 12.0 Å². The Balaban J connectivity index is 2.86. The zero-order chi connectivity index (χ0) is 13.8. The van der Waals surface area contributed by atoms with E-state index in [9.17, 15) is 18.0 Å². The van der Waals surface area contributed by atoms with E-state index in [1.807, 2.05) is 0 Å². The maximum Gasteiger partial charge on any atom is 0.573 e. The third kappa shape index (κ3) is 4.52. The van der Waals surface area contributed by atoms with Crippen molar-refractivity contribution >= 4 is 5.97 Å². The van der Waals surface area contributed by atoms with E-state index in [1.165, 1.54) is 13.2 Å². The van der Waals surface area contributed by atoms with Gasteiger partial charge in [-0.3, -0.25) is 4.79 Å². The molecule has 0 bridgehead atoms. The van der Waals surface area contributed by atoms with Gasteiger partial charge >= 0.3 is 12.3 Å². The van der Waals surface area contributed by atoms with Crippen molar-refractivity contribution in [1.29, 1.82) is 0 Å². The molecule has 0 amide bonds. The van der Waals surface area contributed by atoms with Gasteiger partial charge in [0.2, 0.25) is 0 Å². The lowest BCUT2D eigenvalue weighted by molar-refractivity contribution is -0.274. The Morgan fingerprint density at radius 3 is 2.56 bits per heavy atom. The van der Waals surface area contributed by atoms with Gasteiger partial charge in [-0.05, 0) is 18.1 Å². The summed E-state index contributed by atoms with van der Waals surface area (Å²) in [7, 11) is 1.29. The second-order valence-corrected chi connectivity index (χ2v) is 3.42. The summed E-state index contributed by atoms with van der Waals surface area (Å²) in [6.45, 7) is 0. The number of carboxylic acids is 1. The van der Waals surface area contributed by atoms with E-state index in [0.29, 0.717) is 5.56 Å². The molecule has 0 radical (unpaired) electrons. The van der Waals surface area contributed by atoms with Crippen LogP contribution in [0.5, 0.6) is 11.5 Å². The molecule has 1 N–H and O–H groups in total. The van der Waals surface area contributed by atoms with Crippen LogP contribution < -0.4 is 9.47 Å². The molecule has 0 saturated carbocycles. The van der Waals surface area contributed by atoms with E-state index < -0.39 is 18.1 Å². The molecule has 1 aromatic rings. The van der Waals surface area contributed by atoms with Crippen molar-refractivity contribution in [2.45, 2.75) is 19.2 Å². The highest BCUT2D eigenvalue weighted by Gasteiger charge is 2.31. The minimum absolute atomic E-state index is 0.129. The monoisotopic (exact) mass is 264 g/mol.